The summed E-state index contributed by atoms with van der Waals surface area (Å²) >= 11 is 2.54. The lowest BCUT2D eigenvalue weighted by atomic mass is 10.2. The molecule has 0 fully saturated rings. The fourth-order valence-electron chi connectivity index (χ4n) is 2.50. The number of aromatic nitrogens is 4. The van der Waals surface area contributed by atoms with Gasteiger partial charge in [0.1, 0.15) is 22.1 Å². The van der Waals surface area contributed by atoms with Gasteiger partial charge in [-0.05, 0) is 18.2 Å². The highest BCUT2D eigenvalue weighted by molar-refractivity contribution is 7.19. The van der Waals surface area contributed by atoms with Crippen molar-refractivity contribution in [3.63, 3.8) is 0 Å². The molecule has 142 valence electrons. The molecular formula is C17H10F3N5OS2. The third kappa shape index (κ3) is 3.29. The second-order valence-electron chi connectivity index (χ2n) is 5.58. The first-order chi connectivity index (χ1) is 13.4. The van der Waals surface area contributed by atoms with E-state index >= 15 is 0 Å². The average Bonchev–Trinajstić information content (AvgIpc) is 3.39. The summed E-state index contributed by atoms with van der Waals surface area (Å²) in [5.74, 6) is -5.14. The van der Waals surface area contributed by atoms with Crippen LogP contribution in [-0.2, 0) is 7.05 Å². The highest BCUT2D eigenvalue weighted by Gasteiger charge is 2.22. The van der Waals surface area contributed by atoms with E-state index in [4.69, 9.17) is 0 Å². The van der Waals surface area contributed by atoms with Crippen LogP contribution in [0.25, 0.3) is 21.3 Å². The number of anilines is 1. The van der Waals surface area contributed by atoms with E-state index in [1.165, 1.54) is 17.5 Å². The van der Waals surface area contributed by atoms with Gasteiger partial charge in [0.05, 0.1) is 10.6 Å². The minimum atomic E-state index is -1.55. The molecule has 3 heterocycles. The maximum Gasteiger partial charge on any atom is 0.263 e. The maximum absolute atomic E-state index is 13.8. The molecular weight excluding hydrogens is 411 g/mol. The first-order valence-corrected chi connectivity index (χ1v) is 9.48. The van der Waals surface area contributed by atoms with Crippen molar-refractivity contribution in [3.8, 4) is 21.3 Å². The van der Waals surface area contributed by atoms with Crippen LogP contribution < -0.4 is 5.32 Å². The van der Waals surface area contributed by atoms with Gasteiger partial charge in [-0.25, -0.2) is 23.1 Å². The minimum Gasteiger partial charge on any atom is -0.298 e. The molecule has 4 rings (SSSR count). The highest BCUT2D eigenvalue weighted by Crippen LogP contribution is 2.32. The summed E-state index contributed by atoms with van der Waals surface area (Å²) < 4.78 is 42.4. The van der Waals surface area contributed by atoms with E-state index in [1.807, 2.05) is 11.4 Å². The Morgan fingerprint density at radius 3 is 2.71 bits per heavy atom. The normalized spacial score (nSPS) is 11.0. The number of amides is 1. The van der Waals surface area contributed by atoms with Crippen molar-refractivity contribution in [2.24, 2.45) is 7.05 Å². The molecule has 11 heteroatoms. The average molecular weight is 421 g/mol. The van der Waals surface area contributed by atoms with Crippen LogP contribution in [-0.4, -0.2) is 25.7 Å². The van der Waals surface area contributed by atoms with Gasteiger partial charge in [-0.1, -0.05) is 11.3 Å². The number of hydrogen-bond acceptors (Lipinski definition) is 6. The van der Waals surface area contributed by atoms with Gasteiger partial charge >= 0.3 is 0 Å². The van der Waals surface area contributed by atoms with Crippen LogP contribution in [0, 0.1) is 17.5 Å². The van der Waals surface area contributed by atoms with Gasteiger partial charge in [0.25, 0.3) is 5.91 Å². The third-order valence-corrected chi connectivity index (χ3v) is 5.51. The molecule has 1 amide bonds. The Morgan fingerprint density at radius 1 is 1.18 bits per heavy atom. The Labute approximate surface area is 164 Å². The summed E-state index contributed by atoms with van der Waals surface area (Å²) in [5, 5.41) is 9.40. The number of rotatable bonds is 4. The van der Waals surface area contributed by atoms with Crippen molar-refractivity contribution in [3.05, 3.63) is 59.0 Å². The molecule has 0 atom stereocenters. The summed E-state index contributed by atoms with van der Waals surface area (Å²) in [4.78, 5) is 21.1. The zero-order chi connectivity index (χ0) is 19.8. The van der Waals surface area contributed by atoms with Crippen LogP contribution in [0.2, 0.25) is 0 Å². The molecule has 0 spiro atoms. The maximum atomic E-state index is 13.8. The Kier molecular flexibility index (Phi) is 4.69. The van der Waals surface area contributed by atoms with Crippen molar-refractivity contribution in [1.29, 1.82) is 0 Å². The van der Waals surface area contributed by atoms with E-state index in [9.17, 15) is 18.0 Å². The Balaban J connectivity index is 1.59. The van der Waals surface area contributed by atoms with Gasteiger partial charge in [0.15, 0.2) is 16.8 Å². The second kappa shape index (κ2) is 7.17. The smallest absolute Gasteiger partial charge is 0.263 e. The first kappa shape index (κ1) is 18.3. The molecule has 0 unspecified atom stereocenters. The Morgan fingerprint density at radius 2 is 1.96 bits per heavy atom. The lowest BCUT2D eigenvalue weighted by Gasteiger charge is -2.05. The highest BCUT2D eigenvalue weighted by atomic mass is 32.1. The zero-order valence-electron chi connectivity index (χ0n) is 14.1. The third-order valence-electron chi connectivity index (χ3n) is 3.78. The molecule has 0 radical (unpaired) electrons. The molecule has 0 saturated carbocycles. The van der Waals surface area contributed by atoms with Gasteiger partial charge < -0.3 is 0 Å². The van der Waals surface area contributed by atoms with Gasteiger partial charge in [0, 0.05) is 24.8 Å². The van der Waals surface area contributed by atoms with E-state index in [1.54, 1.807) is 17.9 Å². The van der Waals surface area contributed by atoms with Crippen LogP contribution in [0.1, 0.15) is 10.4 Å². The molecule has 0 aliphatic heterocycles. The monoisotopic (exact) mass is 421 g/mol. The molecule has 0 bridgehead atoms. The number of nitrogens with one attached hydrogen (secondary N) is 1. The van der Waals surface area contributed by atoms with Gasteiger partial charge in [-0.2, -0.15) is 5.10 Å². The fourth-order valence-corrected chi connectivity index (χ4v) is 3.95. The first-order valence-electron chi connectivity index (χ1n) is 7.79. The lowest BCUT2D eigenvalue weighted by molar-refractivity contribution is 0.101. The van der Waals surface area contributed by atoms with E-state index in [0.29, 0.717) is 22.7 Å². The summed E-state index contributed by atoms with van der Waals surface area (Å²) in [5.41, 5.74) is 0.421. The molecule has 1 aromatic carbocycles. The number of carbonyl (C=O) groups is 1. The predicted molar refractivity (Wildman–Crippen MR) is 99.7 cm³/mol. The summed E-state index contributed by atoms with van der Waals surface area (Å²) in [6.07, 6.45) is 3.18. The molecule has 0 aliphatic carbocycles. The number of benzene rings is 1. The summed E-state index contributed by atoms with van der Waals surface area (Å²) in [6.45, 7) is 0. The number of hydrogen-bond donors (Lipinski definition) is 1. The lowest BCUT2D eigenvalue weighted by Crippen LogP contribution is -2.16. The molecule has 1 N–H and O–H groups in total. The summed E-state index contributed by atoms with van der Waals surface area (Å²) in [6, 6.07) is 3.13. The van der Waals surface area contributed by atoms with Gasteiger partial charge in [-0.3, -0.25) is 14.8 Å². The standard InChI is InChI=1S/C17H10F3N5OS2/c1-25-11(6-10(24-25)16-21-4-5-27-16)12-7-22-17(28-12)23-15(26)13-8(18)2-3-9(19)14(13)20/h2-7H,1H3,(H,22,23,26). The van der Waals surface area contributed by atoms with E-state index < -0.39 is 28.9 Å². The Hall–Kier alpha value is -3.05. The Bertz CT molecular complexity index is 1170. The van der Waals surface area contributed by atoms with Gasteiger partial charge in [0.2, 0.25) is 0 Å². The number of carbonyl (C=O) groups excluding carboxylic acids is 1. The molecule has 28 heavy (non-hydrogen) atoms. The number of nitrogens with zero attached hydrogens (tertiary/aromatic N) is 4. The fraction of sp³-hybridized carbons (Fsp3) is 0.0588. The number of halogens is 3. The molecule has 4 aromatic rings. The number of thiazole rings is 2. The van der Waals surface area contributed by atoms with Crippen LogP contribution in [0.4, 0.5) is 18.3 Å². The molecule has 3 aromatic heterocycles. The van der Waals surface area contributed by atoms with Crippen LogP contribution in [0.3, 0.4) is 0 Å². The van der Waals surface area contributed by atoms with Gasteiger partial charge in [-0.15, -0.1) is 11.3 Å². The van der Waals surface area contributed by atoms with E-state index in [0.717, 1.165) is 22.0 Å². The minimum absolute atomic E-state index is 0.111. The quantitative estimate of drug-likeness (QED) is 0.498. The predicted octanol–water partition coefficient (Wildman–Crippen LogP) is 4.34. The van der Waals surface area contributed by atoms with Crippen molar-refractivity contribution >= 4 is 33.7 Å². The second-order valence-corrected chi connectivity index (χ2v) is 7.50. The van der Waals surface area contributed by atoms with E-state index in [2.05, 4.69) is 20.4 Å². The van der Waals surface area contributed by atoms with Crippen molar-refractivity contribution in [1.82, 2.24) is 19.7 Å². The molecule has 6 nitrogen and oxygen atoms in total. The number of aryl methyl sites for hydroxylation is 1. The topological polar surface area (TPSA) is 72.7 Å². The SMILES string of the molecule is Cn1nc(-c2nccs2)cc1-c1cnc(NC(=O)c2c(F)ccc(F)c2F)s1. The largest absolute Gasteiger partial charge is 0.298 e. The molecule has 0 saturated heterocycles. The zero-order valence-corrected chi connectivity index (χ0v) is 15.7. The summed E-state index contributed by atoms with van der Waals surface area (Å²) in [7, 11) is 1.75. The van der Waals surface area contributed by atoms with Crippen molar-refractivity contribution in [2.45, 2.75) is 0 Å². The van der Waals surface area contributed by atoms with Crippen molar-refractivity contribution in [2.75, 3.05) is 5.32 Å². The molecule has 0 aliphatic rings. The van der Waals surface area contributed by atoms with Crippen LogP contribution in [0.15, 0.2) is 36.0 Å². The van der Waals surface area contributed by atoms with Crippen LogP contribution >= 0.6 is 22.7 Å². The van der Waals surface area contributed by atoms with E-state index in [-0.39, 0.29) is 5.13 Å². The van der Waals surface area contributed by atoms with Crippen LogP contribution in [0.5, 0.6) is 0 Å². The van der Waals surface area contributed by atoms with Crippen molar-refractivity contribution < 1.29 is 18.0 Å².